The van der Waals surface area contributed by atoms with Gasteiger partial charge in [-0.3, -0.25) is 5.43 Å². The number of nitrogens with one attached hydrogen (secondary N) is 1. The molecular formula is C20H15F3N2O. The lowest BCUT2D eigenvalue weighted by atomic mass is 10.1. The molecule has 0 fully saturated rings. The van der Waals surface area contributed by atoms with Gasteiger partial charge in [0.15, 0.2) is 17.4 Å². The van der Waals surface area contributed by atoms with Gasteiger partial charge in [-0.2, -0.15) is 9.49 Å². The molecule has 3 aromatic carbocycles. The van der Waals surface area contributed by atoms with Crippen LogP contribution in [0.4, 0.5) is 18.9 Å². The second-order valence-electron chi connectivity index (χ2n) is 5.44. The van der Waals surface area contributed by atoms with Gasteiger partial charge in [-0.25, -0.2) is 8.78 Å². The number of hydrazone groups is 1. The zero-order valence-corrected chi connectivity index (χ0v) is 13.6. The summed E-state index contributed by atoms with van der Waals surface area (Å²) in [5.41, 5.74) is 5.30. The standard InChI is InChI=1S/C20H15F3N2O/c21-17-9-10-18(20(23)19(17)22)26-13-15-6-4-5-14(11-15)12-24-25-16-7-2-1-3-8-16/h1-12,25H,13H2. The van der Waals surface area contributed by atoms with E-state index < -0.39 is 17.5 Å². The molecule has 3 rings (SSSR count). The molecule has 0 aliphatic rings. The van der Waals surface area contributed by atoms with Crippen LogP contribution < -0.4 is 10.2 Å². The van der Waals surface area contributed by atoms with Gasteiger partial charge >= 0.3 is 0 Å². The molecule has 0 saturated heterocycles. The maximum Gasteiger partial charge on any atom is 0.203 e. The molecule has 0 atom stereocenters. The van der Waals surface area contributed by atoms with Gasteiger partial charge in [0.2, 0.25) is 5.82 Å². The number of benzene rings is 3. The van der Waals surface area contributed by atoms with Crippen molar-refractivity contribution in [3.8, 4) is 5.75 Å². The number of ether oxygens (including phenoxy) is 1. The highest BCUT2D eigenvalue weighted by atomic mass is 19.2. The fraction of sp³-hybridized carbons (Fsp3) is 0.0500. The van der Waals surface area contributed by atoms with Crippen molar-refractivity contribution in [3.05, 3.63) is 95.3 Å². The van der Waals surface area contributed by atoms with Crippen molar-refractivity contribution in [1.29, 1.82) is 0 Å². The van der Waals surface area contributed by atoms with Crippen molar-refractivity contribution >= 4 is 11.9 Å². The highest BCUT2D eigenvalue weighted by Crippen LogP contribution is 2.22. The van der Waals surface area contributed by atoms with Crippen molar-refractivity contribution < 1.29 is 17.9 Å². The summed E-state index contributed by atoms with van der Waals surface area (Å²) in [5, 5.41) is 4.14. The van der Waals surface area contributed by atoms with Crippen LogP contribution in [0.5, 0.6) is 5.75 Å². The lowest BCUT2D eigenvalue weighted by Gasteiger charge is -2.08. The van der Waals surface area contributed by atoms with Gasteiger partial charge in [-0.15, -0.1) is 0 Å². The molecule has 0 aliphatic carbocycles. The van der Waals surface area contributed by atoms with E-state index in [4.69, 9.17) is 4.74 Å². The summed E-state index contributed by atoms with van der Waals surface area (Å²) in [7, 11) is 0. The molecule has 0 spiro atoms. The van der Waals surface area contributed by atoms with Gasteiger partial charge < -0.3 is 4.74 Å². The third-order valence-electron chi connectivity index (χ3n) is 3.53. The molecule has 0 bridgehead atoms. The van der Waals surface area contributed by atoms with Crippen LogP contribution in [-0.4, -0.2) is 6.21 Å². The Balaban J connectivity index is 1.63. The Kier molecular flexibility index (Phi) is 5.53. The van der Waals surface area contributed by atoms with Gasteiger partial charge in [0.25, 0.3) is 0 Å². The Bertz CT molecular complexity index is 914. The molecule has 0 heterocycles. The number of nitrogens with zero attached hydrogens (tertiary/aromatic N) is 1. The van der Waals surface area contributed by atoms with E-state index in [-0.39, 0.29) is 12.4 Å². The third kappa shape index (κ3) is 4.42. The van der Waals surface area contributed by atoms with Crippen molar-refractivity contribution in [2.24, 2.45) is 5.10 Å². The largest absolute Gasteiger partial charge is 0.486 e. The van der Waals surface area contributed by atoms with Crippen LogP contribution in [-0.2, 0) is 6.61 Å². The average Bonchev–Trinajstić information content (AvgIpc) is 2.67. The number of rotatable bonds is 6. The van der Waals surface area contributed by atoms with E-state index in [0.29, 0.717) is 0 Å². The lowest BCUT2D eigenvalue weighted by molar-refractivity contribution is 0.281. The molecule has 3 nitrogen and oxygen atoms in total. The second kappa shape index (κ2) is 8.20. The zero-order valence-electron chi connectivity index (χ0n) is 13.6. The monoisotopic (exact) mass is 356 g/mol. The molecule has 1 N–H and O–H groups in total. The number of para-hydroxylation sites is 1. The summed E-state index contributed by atoms with van der Waals surface area (Å²) in [6.45, 7) is 0.00971. The van der Waals surface area contributed by atoms with Gasteiger partial charge in [-0.05, 0) is 41.5 Å². The van der Waals surface area contributed by atoms with Crippen LogP contribution in [0.1, 0.15) is 11.1 Å². The third-order valence-corrected chi connectivity index (χ3v) is 3.53. The Morgan fingerprint density at radius 1 is 0.885 bits per heavy atom. The predicted octanol–water partition coefficient (Wildman–Crippen LogP) is 5.13. The van der Waals surface area contributed by atoms with Crippen LogP contribution >= 0.6 is 0 Å². The van der Waals surface area contributed by atoms with E-state index in [2.05, 4.69) is 10.5 Å². The highest BCUT2D eigenvalue weighted by Gasteiger charge is 2.14. The molecule has 132 valence electrons. The minimum Gasteiger partial charge on any atom is -0.486 e. The summed E-state index contributed by atoms with van der Waals surface area (Å²) in [6, 6.07) is 18.6. The zero-order chi connectivity index (χ0) is 18.4. The summed E-state index contributed by atoms with van der Waals surface area (Å²) >= 11 is 0. The molecule has 0 aromatic heterocycles. The molecule has 0 saturated carbocycles. The van der Waals surface area contributed by atoms with Crippen LogP contribution in [0, 0.1) is 17.5 Å². The summed E-state index contributed by atoms with van der Waals surface area (Å²) in [4.78, 5) is 0. The molecule has 0 radical (unpaired) electrons. The van der Waals surface area contributed by atoms with Crippen LogP contribution in [0.3, 0.4) is 0 Å². The van der Waals surface area contributed by atoms with Crippen molar-refractivity contribution in [2.45, 2.75) is 6.61 Å². The molecule has 3 aromatic rings. The van der Waals surface area contributed by atoms with E-state index in [1.165, 1.54) is 0 Å². The molecule has 26 heavy (non-hydrogen) atoms. The quantitative estimate of drug-likeness (QED) is 0.377. The lowest BCUT2D eigenvalue weighted by Crippen LogP contribution is -2.01. The highest BCUT2D eigenvalue weighted by molar-refractivity contribution is 5.80. The number of halogens is 3. The van der Waals surface area contributed by atoms with Crippen LogP contribution in [0.2, 0.25) is 0 Å². The van der Waals surface area contributed by atoms with E-state index in [1.54, 1.807) is 24.4 Å². The number of anilines is 1. The molecule has 6 heteroatoms. The number of hydrogen-bond acceptors (Lipinski definition) is 3. The minimum atomic E-state index is -1.55. The van der Waals surface area contributed by atoms with Gasteiger partial charge in [0.05, 0.1) is 11.9 Å². The van der Waals surface area contributed by atoms with Crippen molar-refractivity contribution in [2.75, 3.05) is 5.43 Å². The van der Waals surface area contributed by atoms with Gasteiger partial charge in [-0.1, -0.05) is 36.4 Å². The summed E-state index contributed by atoms with van der Waals surface area (Å²) in [6.07, 6.45) is 1.63. The van der Waals surface area contributed by atoms with E-state index >= 15 is 0 Å². The summed E-state index contributed by atoms with van der Waals surface area (Å²) in [5.74, 6) is -4.47. The van der Waals surface area contributed by atoms with Crippen LogP contribution in [0.25, 0.3) is 0 Å². The maximum atomic E-state index is 13.6. The first-order chi connectivity index (χ1) is 12.6. The maximum absolute atomic E-state index is 13.6. The molecule has 0 amide bonds. The number of hydrogen-bond donors (Lipinski definition) is 1. The van der Waals surface area contributed by atoms with E-state index in [9.17, 15) is 13.2 Å². The van der Waals surface area contributed by atoms with Crippen molar-refractivity contribution in [3.63, 3.8) is 0 Å². The topological polar surface area (TPSA) is 33.6 Å². The van der Waals surface area contributed by atoms with Gasteiger partial charge in [0.1, 0.15) is 6.61 Å². The summed E-state index contributed by atoms with van der Waals surface area (Å²) < 4.78 is 45.0. The van der Waals surface area contributed by atoms with Crippen molar-refractivity contribution in [1.82, 2.24) is 0 Å². The average molecular weight is 356 g/mol. The first-order valence-electron chi connectivity index (χ1n) is 7.83. The normalized spacial score (nSPS) is 10.9. The second-order valence-corrected chi connectivity index (χ2v) is 5.44. The fourth-order valence-corrected chi connectivity index (χ4v) is 2.24. The predicted molar refractivity (Wildman–Crippen MR) is 94.7 cm³/mol. The Morgan fingerprint density at radius 2 is 1.69 bits per heavy atom. The SMILES string of the molecule is Fc1ccc(OCc2cccc(C=NNc3ccccc3)c2)c(F)c1F. The van der Waals surface area contributed by atoms with E-state index in [1.807, 2.05) is 36.4 Å². The fourth-order valence-electron chi connectivity index (χ4n) is 2.24. The Morgan fingerprint density at radius 3 is 2.50 bits per heavy atom. The first-order valence-corrected chi connectivity index (χ1v) is 7.83. The first kappa shape index (κ1) is 17.5. The van der Waals surface area contributed by atoms with Crippen LogP contribution in [0.15, 0.2) is 71.8 Å². The molecular weight excluding hydrogens is 341 g/mol. The Hall–Kier alpha value is -3.28. The van der Waals surface area contributed by atoms with E-state index in [0.717, 1.165) is 28.9 Å². The smallest absolute Gasteiger partial charge is 0.203 e. The Labute approximate surface area is 148 Å². The van der Waals surface area contributed by atoms with Gasteiger partial charge in [0, 0.05) is 0 Å². The minimum absolute atomic E-state index is 0.00971. The molecule has 0 unspecified atom stereocenters. The molecule has 0 aliphatic heterocycles.